The molecule has 1 unspecified atom stereocenters. The van der Waals surface area contributed by atoms with E-state index in [1.807, 2.05) is 24.8 Å². The fraction of sp³-hybridized carbons (Fsp3) is 0.455. The first kappa shape index (κ1) is 8.95. The summed E-state index contributed by atoms with van der Waals surface area (Å²) in [5, 5.41) is 10.3. The molecular formula is C11H14OS. The molecule has 0 amide bonds. The molecule has 0 aliphatic carbocycles. The normalized spacial score (nSPS) is 20.4. The Bertz CT molecular complexity index is 358. The van der Waals surface area contributed by atoms with Gasteiger partial charge in [0.15, 0.2) is 0 Å². The van der Waals surface area contributed by atoms with Gasteiger partial charge in [-0.1, -0.05) is 6.92 Å². The number of hydrogen-bond donors (Lipinski definition) is 1. The van der Waals surface area contributed by atoms with Crippen LogP contribution in [-0.4, -0.2) is 10.4 Å². The van der Waals surface area contributed by atoms with Crippen molar-refractivity contribution in [2.45, 2.75) is 37.3 Å². The maximum Gasteiger partial charge on any atom is 0.119 e. The summed E-state index contributed by atoms with van der Waals surface area (Å²) in [7, 11) is 0. The summed E-state index contributed by atoms with van der Waals surface area (Å²) in [6, 6.07) is 1.87. The molecule has 0 saturated heterocycles. The first-order chi connectivity index (χ1) is 6.09. The zero-order valence-electron chi connectivity index (χ0n) is 8.22. The molecule has 1 heterocycles. The molecule has 1 aliphatic rings. The summed E-state index contributed by atoms with van der Waals surface area (Å²) >= 11 is 1.93. The van der Waals surface area contributed by atoms with E-state index in [0.717, 1.165) is 12.0 Å². The molecule has 13 heavy (non-hydrogen) atoms. The summed E-state index contributed by atoms with van der Waals surface area (Å²) in [4.78, 5) is 1.39. The smallest absolute Gasteiger partial charge is 0.119 e. The first-order valence-electron chi connectivity index (χ1n) is 4.58. The van der Waals surface area contributed by atoms with Gasteiger partial charge in [0.2, 0.25) is 0 Å². The highest BCUT2D eigenvalue weighted by Crippen LogP contribution is 2.43. The average Bonchev–Trinajstić information content (AvgIpc) is 2.44. The van der Waals surface area contributed by atoms with Gasteiger partial charge in [-0.2, -0.15) is 0 Å². The predicted molar refractivity (Wildman–Crippen MR) is 56.6 cm³/mol. The van der Waals surface area contributed by atoms with Crippen LogP contribution in [0.4, 0.5) is 0 Å². The van der Waals surface area contributed by atoms with Crippen molar-refractivity contribution < 1.29 is 5.11 Å². The number of aromatic hydroxyl groups is 1. The van der Waals surface area contributed by atoms with E-state index in [-0.39, 0.29) is 0 Å². The number of rotatable bonds is 0. The van der Waals surface area contributed by atoms with Gasteiger partial charge in [-0.15, -0.1) is 11.8 Å². The summed E-state index contributed by atoms with van der Waals surface area (Å²) in [6.45, 7) is 6.32. The Morgan fingerprint density at radius 2 is 2.15 bits per heavy atom. The van der Waals surface area contributed by atoms with Gasteiger partial charge < -0.3 is 5.11 Å². The van der Waals surface area contributed by atoms with Crippen LogP contribution in [0, 0.1) is 13.8 Å². The molecule has 1 N–H and O–H groups in total. The highest BCUT2D eigenvalue weighted by molar-refractivity contribution is 8.00. The third-order valence-corrected chi connectivity index (χ3v) is 4.01. The first-order valence-corrected chi connectivity index (χ1v) is 5.46. The minimum Gasteiger partial charge on any atom is -0.508 e. The number of aryl methyl sites for hydroxylation is 1. The van der Waals surface area contributed by atoms with E-state index in [2.05, 4.69) is 13.8 Å². The molecule has 0 fully saturated rings. The van der Waals surface area contributed by atoms with Crippen molar-refractivity contribution in [3.63, 3.8) is 0 Å². The number of phenolic OH excluding ortho intramolecular Hbond substituents is 1. The summed E-state index contributed by atoms with van der Waals surface area (Å²) < 4.78 is 0. The fourth-order valence-electron chi connectivity index (χ4n) is 1.88. The van der Waals surface area contributed by atoms with Crippen molar-refractivity contribution in [2.24, 2.45) is 0 Å². The minimum absolute atomic E-state index is 0.450. The van der Waals surface area contributed by atoms with E-state index >= 15 is 0 Å². The third-order valence-electron chi connectivity index (χ3n) is 2.63. The van der Waals surface area contributed by atoms with Gasteiger partial charge in [0, 0.05) is 10.1 Å². The van der Waals surface area contributed by atoms with Crippen LogP contribution in [0.15, 0.2) is 11.0 Å². The lowest BCUT2D eigenvalue weighted by Crippen LogP contribution is -1.94. The molecule has 0 radical (unpaired) electrons. The largest absolute Gasteiger partial charge is 0.508 e. The van der Waals surface area contributed by atoms with Crippen molar-refractivity contribution in [3.8, 4) is 5.75 Å². The summed E-state index contributed by atoms with van der Waals surface area (Å²) in [5.41, 5.74) is 3.64. The molecule has 70 valence electrons. The van der Waals surface area contributed by atoms with E-state index in [0.29, 0.717) is 11.0 Å². The van der Waals surface area contributed by atoms with Crippen molar-refractivity contribution in [2.75, 3.05) is 0 Å². The minimum atomic E-state index is 0.450. The molecule has 0 saturated carbocycles. The summed E-state index contributed by atoms with van der Waals surface area (Å²) in [5.74, 6) is 0.450. The van der Waals surface area contributed by atoms with E-state index in [1.165, 1.54) is 16.0 Å². The van der Waals surface area contributed by atoms with Crippen LogP contribution in [0.25, 0.3) is 0 Å². The Balaban J connectivity index is 2.62. The molecule has 1 nitrogen and oxygen atoms in total. The van der Waals surface area contributed by atoms with Gasteiger partial charge in [0.05, 0.1) is 0 Å². The molecule has 1 aromatic carbocycles. The number of fused-ring (bicyclic) bond motifs is 1. The standard InChI is InChI=1S/C11H14OS/c1-6-4-10(12)8(3)9-5-7(2)13-11(6)9/h4,7,12H,5H2,1-3H3. The maximum absolute atomic E-state index is 9.64. The molecule has 0 bridgehead atoms. The number of thioether (sulfide) groups is 1. The van der Waals surface area contributed by atoms with Gasteiger partial charge >= 0.3 is 0 Å². The van der Waals surface area contributed by atoms with E-state index in [9.17, 15) is 5.11 Å². The number of benzene rings is 1. The fourth-order valence-corrected chi connectivity index (χ4v) is 3.16. The Hall–Kier alpha value is -0.630. The Morgan fingerprint density at radius 3 is 2.85 bits per heavy atom. The van der Waals surface area contributed by atoms with Crippen LogP contribution in [0.5, 0.6) is 5.75 Å². The zero-order valence-corrected chi connectivity index (χ0v) is 9.03. The van der Waals surface area contributed by atoms with Crippen LogP contribution < -0.4 is 0 Å². The van der Waals surface area contributed by atoms with Crippen LogP contribution in [0.3, 0.4) is 0 Å². The van der Waals surface area contributed by atoms with Crippen LogP contribution in [0.2, 0.25) is 0 Å². The Labute approximate surface area is 83.2 Å². The Morgan fingerprint density at radius 1 is 1.46 bits per heavy atom. The zero-order chi connectivity index (χ0) is 9.59. The van der Waals surface area contributed by atoms with E-state index in [1.54, 1.807) is 0 Å². The van der Waals surface area contributed by atoms with Gasteiger partial charge in [-0.05, 0) is 43.0 Å². The predicted octanol–water partition coefficient (Wildman–Crippen LogP) is 3.05. The SMILES string of the molecule is Cc1cc(O)c(C)c2c1SC(C)C2. The lowest BCUT2D eigenvalue weighted by molar-refractivity contribution is 0.469. The average molecular weight is 194 g/mol. The molecule has 1 atom stereocenters. The maximum atomic E-state index is 9.64. The van der Waals surface area contributed by atoms with Gasteiger partial charge in [0.25, 0.3) is 0 Å². The lowest BCUT2D eigenvalue weighted by Gasteiger charge is -2.08. The molecule has 0 aromatic heterocycles. The number of phenols is 1. The van der Waals surface area contributed by atoms with Crippen LogP contribution in [-0.2, 0) is 6.42 Å². The van der Waals surface area contributed by atoms with Crippen LogP contribution in [0.1, 0.15) is 23.6 Å². The molecule has 1 aliphatic heterocycles. The lowest BCUT2D eigenvalue weighted by atomic mass is 10.0. The third kappa shape index (κ3) is 1.33. The second-order valence-electron chi connectivity index (χ2n) is 3.78. The molecule has 1 aromatic rings. The van der Waals surface area contributed by atoms with Crippen LogP contribution >= 0.6 is 11.8 Å². The molecule has 2 heteroatoms. The summed E-state index contributed by atoms with van der Waals surface area (Å²) in [6.07, 6.45) is 1.10. The van der Waals surface area contributed by atoms with Gasteiger partial charge in [-0.3, -0.25) is 0 Å². The van der Waals surface area contributed by atoms with Gasteiger partial charge in [-0.25, -0.2) is 0 Å². The molecule has 2 rings (SSSR count). The topological polar surface area (TPSA) is 20.2 Å². The highest BCUT2D eigenvalue weighted by Gasteiger charge is 2.23. The highest BCUT2D eigenvalue weighted by atomic mass is 32.2. The molecule has 0 spiro atoms. The van der Waals surface area contributed by atoms with Gasteiger partial charge in [0.1, 0.15) is 5.75 Å². The quantitative estimate of drug-likeness (QED) is 0.685. The van der Waals surface area contributed by atoms with Crippen molar-refractivity contribution in [1.29, 1.82) is 0 Å². The van der Waals surface area contributed by atoms with Crippen molar-refractivity contribution >= 4 is 11.8 Å². The second-order valence-corrected chi connectivity index (χ2v) is 5.23. The Kier molecular flexibility index (Phi) is 2.03. The van der Waals surface area contributed by atoms with E-state index < -0.39 is 0 Å². The number of hydrogen-bond acceptors (Lipinski definition) is 2. The second kappa shape index (κ2) is 2.95. The van der Waals surface area contributed by atoms with Crippen molar-refractivity contribution in [1.82, 2.24) is 0 Å². The van der Waals surface area contributed by atoms with Crippen molar-refractivity contribution in [3.05, 3.63) is 22.8 Å². The molecular weight excluding hydrogens is 180 g/mol. The van der Waals surface area contributed by atoms with E-state index in [4.69, 9.17) is 0 Å². The monoisotopic (exact) mass is 194 g/mol.